The largest absolute Gasteiger partial charge is 0.383 e. The normalized spacial score (nSPS) is 17.0. The zero-order chi connectivity index (χ0) is 14.5. The number of aromatic nitrogens is 1. The average molecular weight is 299 g/mol. The maximum Gasteiger partial charge on any atom is 0.265 e. The van der Waals surface area contributed by atoms with Gasteiger partial charge in [0.2, 0.25) is 0 Å². The van der Waals surface area contributed by atoms with Crippen molar-refractivity contribution in [1.29, 1.82) is 0 Å². The van der Waals surface area contributed by atoms with Crippen LogP contribution in [0, 0.1) is 0 Å². The SMILES string of the molecule is COCC(C)NC(=O)c1sc(N2CCNCC2)nc1N. The predicted octanol–water partition coefficient (Wildman–Crippen LogP) is -0.100. The van der Waals surface area contributed by atoms with Gasteiger partial charge in [0.25, 0.3) is 5.91 Å². The maximum absolute atomic E-state index is 12.1. The van der Waals surface area contributed by atoms with Crippen molar-refractivity contribution in [1.82, 2.24) is 15.6 Å². The van der Waals surface area contributed by atoms with E-state index in [1.807, 2.05) is 6.92 Å². The summed E-state index contributed by atoms with van der Waals surface area (Å²) in [5, 5.41) is 6.94. The number of nitrogens with zero attached hydrogens (tertiary/aromatic N) is 2. The summed E-state index contributed by atoms with van der Waals surface area (Å²) >= 11 is 1.34. The average Bonchev–Trinajstić information content (AvgIpc) is 2.82. The highest BCUT2D eigenvalue weighted by Gasteiger charge is 2.21. The summed E-state index contributed by atoms with van der Waals surface area (Å²) in [4.78, 5) is 19.1. The lowest BCUT2D eigenvalue weighted by atomic mass is 10.3. The number of rotatable bonds is 5. The van der Waals surface area contributed by atoms with E-state index in [2.05, 4.69) is 20.5 Å². The Balaban J connectivity index is 2.04. The van der Waals surface area contributed by atoms with Crippen LogP contribution in [-0.4, -0.2) is 56.8 Å². The summed E-state index contributed by atoms with van der Waals surface area (Å²) in [7, 11) is 1.60. The van der Waals surface area contributed by atoms with Gasteiger partial charge in [-0.25, -0.2) is 4.98 Å². The molecule has 0 bridgehead atoms. The molecule has 1 aromatic heterocycles. The number of hydrogen-bond acceptors (Lipinski definition) is 7. The highest BCUT2D eigenvalue weighted by atomic mass is 32.1. The van der Waals surface area contributed by atoms with Crippen molar-refractivity contribution in [2.75, 3.05) is 50.5 Å². The Morgan fingerprint density at radius 2 is 2.30 bits per heavy atom. The monoisotopic (exact) mass is 299 g/mol. The Hall–Kier alpha value is -1.38. The van der Waals surface area contributed by atoms with Crippen molar-refractivity contribution in [2.45, 2.75) is 13.0 Å². The molecule has 1 fully saturated rings. The number of anilines is 2. The van der Waals surface area contributed by atoms with Gasteiger partial charge >= 0.3 is 0 Å². The minimum absolute atomic E-state index is 0.0587. The molecule has 1 atom stereocenters. The Morgan fingerprint density at radius 3 is 2.95 bits per heavy atom. The third kappa shape index (κ3) is 3.59. The molecule has 112 valence electrons. The molecule has 1 unspecified atom stereocenters. The van der Waals surface area contributed by atoms with Crippen molar-refractivity contribution in [3.8, 4) is 0 Å². The van der Waals surface area contributed by atoms with Gasteiger partial charge in [-0.05, 0) is 6.92 Å². The number of carbonyl (C=O) groups excluding carboxylic acids is 1. The zero-order valence-corrected chi connectivity index (χ0v) is 12.6. The number of nitrogens with two attached hydrogens (primary N) is 1. The van der Waals surface area contributed by atoms with Gasteiger partial charge in [-0.3, -0.25) is 4.79 Å². The van der Waals surface area contributed by atoms with E-state index in [-0.39, 0.29) is 11.9 Å². The van der Waals surface area contributed by atoms with Crippen molar-refractivity contribution < 1.29 is 9.53 Å². The lowest BCUT2D eigenvalue weighted by Gasteiger charge is -2.26. The minimum Gasteiger partial charge on any atom is -0.383 e. The molecule has 0 radical (unpaired) electrons. The first kappa shape index (κ1) is 15.0. The van der Waals surface area contributed by atoms with Gasteiger partial charge < -0.3 is 26.0 Å². The molecular formula is C12H21N5O2S. The number of piperazine rings is 1. The van der Waals surface area contributed by atoms with Gasteiger partial charge in [0.15, 0.2) is 5.13 Å². The molecule has 7 nitrogen and oxygen atoms in total. The number of methoxy groups -OCH3 is 1. The van der Waals surface area contributed by atoms with Crippen LogP contribution in [0.2, 0.25) is 0 Å². The molecule has 1 saturated heterocycles. The first-order valence-corrected chi connectivity index (χ1v) is 7.45. The van der Waals surface area contributed by atoms with Crippen LogP contribution in [0.15, 0.2) is 0 Å². The van der Waals surface area contributed by atoms with Crippen LogP contribution in [0.3, 0.4) is 0 Å². The Labute approximate surface area is 122 Å². The van der Waals surface area contributed by atoms with Crippen molar-refractivity contribution >= 4 is 28.2 Å². The number of ether oxygens (including phenoxy) is 1. The molecule has 0 aliphatic carbocycles. The van der Waals surface area contributed by atoms with Crippen LogP contribution < -0.4 is 21.3 Å². The number of nitrogens with one attached hydrogen (secondary N) is 2. The van der Waals surface area contributed by atoms with E-state index in [0.717, 1.165) is 31.3 Å². The standard InChI is InChI=1S/C12H21N5O2S/c1-8(7-19-2)15-11(18)9-10(13)16-12(20-9)17-5-3-14-4-6-17/h8,14H,3-7,13H2,1-2H3,(H,15,18). The van der Waals surface area contributed by atoms with Gasteiger partial charge in [0.1, 0.15) is 10.7 Å². The fourth-order valence-corrected chi connectivity index (χ4v) is 3.00. The molecule has 20 heavy (non-hydrogen) atoms. The second kappa shape index (κ2) is 6.87. The Bertz CT molecular complexity index is 459. The van der Waals surface area contributed by atoms with E-state index >= 15 is 0 Å². The Morgan fingerprint density at radius 1 is 1.60 bits per heavy atom. The van der Waals surface area contributed by atoms with Crippen molar-refractivity contribution in [3.05, 3.63) is 4.88 Å². The molecule has 4 N–H and O–H groups in total. The lowest BCUT2D eigenvalue weighted by Crippen LogP contribution is -2.43. The fraction of sp³-hybridized carbons (Fsp3) is 0.667. The molecule has 0 saturated carbocycles. The molecule has 1 aromatic rings. The highest BCUT2D eigenvalue weighted by molar-refractivity contribution is 7.18. The molecule has 2 rings (SSSR count). The number of nitrogen functional groups attached to an aromatic ring is 1. The summed E-state index contributed by atoms with van der Waals surface area (Å²) in [5.74, 6) is 0.108. The summed E-state index contributed by atoms with van der Waals surface area (Å²) in [6, 6.07) is -0.0587. The second-order valence-electron chi connectivity index (χ2n) is 4.78. The molecule has 8 heteroatoms. The van der Waals surface area contributed by atoms with Gasteiger partial charge in [-0.2, -0.15) is 0 Å². The summed E-state index contributed by atoms with van der Waals surface area (Å²) < 4.78 is 5.00. The van der Waals surface area contributed by atoms with Gasteiger partial charge in [0.05, 0.1) is 6.61 Å². The molecule has 2 heterocycles. The number of carbonyl (C=O) groups is 1. The predicted molar refractivity (Wildman–Crippen MR) is 80.4 cm³/mol. The number of thiazole rings is 1. The number of hydrogen-bond donors (Lipinski definition) is 3. The summed E-state index contributed by atoms with van der Waals surface area (Å²) in [6.45, 7) is 5.96. The van der Waals surface area contributed by atoms with Crippen LogP contribution in [-0.2, 0) is 4.74 Å². The number of amides is 1. The third-order valence-corrected chi connectivity index (χ3v) is 4.16. The van der Waals surface area contributed by atoms with Crippen LogP contribution >= 0.6 is 11.3 Å². The second-order valence-corrected chi connectivity index (χ2v) is 5.76. The van der Waals surface area contributed by atoms with Crippen LogP contribution in [0.25, 0.3) is 0 Å². The van der Waals surface area contributed by atoms with Crippen LogP contribution in [0.4, 0.5) is 10.9 Å². The van der Waals surface area contributed by atoms with E-state index in [1.54, 1.807) is 7.11 Å². The fourth-order valence-electron chi connectivity index (χ4n) is 2.06. The topological polar surface area (TPSA) is 92.5 Å². The minimum atomic E-state index is -0.189. The van der Waals surface area contributed by atoms with Crippen LogP contribution in [0.1, 0.15) is 16.6 Å². The van der Waals surface area contributed by atoms with Gasteiger partial charge in [-0.1, -0.05) is 11.3 Å². The van der Waals surface area contributed by atoms with E-state index < -0.39 is 0 Å². The first-order chi connectivity index (χ1) is 9.61. The van der Waals surface area contributed by atoms with Crippen LogP contribution in [0.5, 0.6) is 0 Å². The zero-order valence-electron chi connectivity index (χ0n) is 11.8. The van der Waals surface area contributed by atoms with Gasteiger partial charge in [-0.15, -0.1) is 0 Å². The molecular weight excluding hydrogens is 278 g/mol. The molecule has 1 aliphatic heterocycles. The molecule has 1 aliphatic rings. The van der Waals surface area contributed by atoms with Gasteiger partial charge in [0, 0.05) is 39.3 Å². The van der Waals surface area contributed by atoms with E-state index in [1.165, 1.54) is 11.3 Å². The highest BCUT2D eigenvalue weighted by Crippen LogP contribution is 2.28. The molecule has 1 amide bonds. The molecule has 0 spiro atoms. The summed E-state index contributed by atoms with van der Waals surface area (Å²) in [6.07, 6.45) is 0. The van der Waals surface area contributed by atoms with E-state index in [9.17, 15) is 4.79 Å². The smallest absolute Gasteiger partial charge is 0.265 e. The maximum atomic E-state index is 12.1. The van der Waals surface area contributed by atoms with E-state index in [4.69, 9.17) is 10.5 Å². The lowest BCUT2D eigenvalue weighted by molar-refractivity contribution is 0.0910. The van der Waals surface area contributed by atoms with Crippen molar-refractivity contribution in [3.63, 3.8) is 0 Å². The quantitative estimate of drug-likeness (QED) is 0.703. The molecule has 0 aromatic carbocycles. The Kier molecular flexibility index (Phi) is 5.16. The first-order valence-electron chi connectivity index (χ1n) is 6.63. The van der Waals surface area contributed by atoms with E-state index in [0.29, 0.717) is 17.3 Å². The van der Waals surface area contributed by atoms with Crippen molar-refractivity contribution in [2.24, 2.45) is 0 Å². The third-order valence-electron chi connectivity index (χ3n) is 3.03. The summed E-state index contributed by atoms with van der Waals surface area (Å²) in [5.41, 5.74) is 5.86.